The Morgan fingerprint density at radius 3 is 2.88 bits per heavy atom. The molecule has 0 radical (unpaired) electrons. The largest absolute Gasteiger partial charge is 0.368 e. The van der Waals surface area contributed by atoms with Crippen molar-refractivity contribution in [2.45, 2.75) is 37.7 Å². The second kappa shape index (κ2) is 6.22. The van der Waals surface area contributed by atoms with Gasteiger partial charge in [-0.1, -0.05) is 18.2 Å². The number of rotatable bonds is 3. The van der Waals surface area contributed by atoms with Gasteiger partial charge in [0.2, 0.25) is 5.91 Å². The number of nitrogens with two attached hydrogens (primary N) is 1. The van der Waals surface area contributed by atoms with Gasteiger partial charge in [-0.05, 0) is 43.9 Å². The lowest BCUT2D eigenvalue weighted by molar-refractivity contribution is -0.141. The lowest BCUT2D eigenvalue weighted by Crippen LogP contribution is -2.48. The number of amides is 1. The monoisotopic (exact) mass is 327 g/mol. The van der Waals surface area contributed by atoms with E-state index < -0.39 is 0 Å². The third-order valence-electron chi connectivity index (χ3n) is 5.52. The number of likely N-dealkylation sites (tertiary alicyclic amines) is 1. The highest BCUT2D eigenvalue weighted by Crippen LogP contribution is 2.43. The van der Waals surface area contributed by atoms with E-state index in [1.165, 1.54) is 22.2 Å². The number of ether oxygens (including phenoxy) is 1. The van der Waals surface area contributed by atoms with Gasteiger partial charge in [0.25, 0.3) is 0 Å². The molecule has 0 aliphatic carbocycles. The van der Waals surface area contributed by atoms with E-state index in [4.69, 9.17) is 10.5 Å². The van der Waals surface area contributed by atoms with Crippen molar-refractivity contribution in [1.29, 1.82) is 0 Å². The highest BCUT2D eigenvalue weighted by molar-refractivity contribution is 5.85. The van der Waals surface area contributed by atoms with Gasteiger partial charge in [-0.15, -0.1) is 0 Å². The summed E-state index contributed by atoms with van der Waals surface area (Å²) in [5.41, 5.74) is 9.09. The summed E-state index contributed by atoms with van der Waals surface area (Å²) >= 11 is 0. The van der Waals surface area contributed by atoms with Crippen molar-refractivity contribution in [2.24, 2.45) is 5.73 Å². The third kappa shape index (κ3) is 2.52. The summed E-state index contributed by atoms with van der Waals surface area (Å²) in [6.07, 6.45) is 4.01. The molecule has 0 saturated carbocycles. The molecular weight excluding hydrogens is 302 g/mol. The first-order valence-corrected chi connectivity index (χ1v) is 8.95. The molecule has 0 atom stereocenters. The number of piperidine rings is 1. The van der Waals surface area contributed by atoms with Crippen molar-refractivity contribution in [3.05, 3.63) is 35.5 Å². The van der Waals surface area contributed by atoms with Crippen LogP contribution in [0.15, 0.2) is 24.3 Å². The Labute approximate surface area is 142 Å². The molecule has 24 heavy (non-hydrogen) atoms. The Morgan fingerprint density at radius 2 is 2.08 bits per heavy atom. The van der Waals surface area contributed by atoms with E-state index in [0.29, 0.717) is 13.0 Å². The van der Waals surface area contributed by atoms with Crippen molar-refractivity contribution in [1.82, 2.24) is 9.88 Å². The number of fused-ring (bicyclic) bond motifs is 4. The normalized spacial score (nSPS) is 19.6. The average Bonchev–Trinajstić information content (AvgIpc) is 3.01. The van der Waals surface area contributed by atoms with E-state index in [-0.39, 0.29) is 11.5 Å². The number of aromatic amines is 1. The summed E-state index contributed by atoms with van der Waals surface area (Å²) in [5, 5.41) is 1.32. The van der Waals surface area contributed by atoms with Gasteiger partial charge in [0.15, 0.2) is 0 Å². The molecule has 0 unspecified atom stereocenters. The van der Waals surface area contributed by atoms with Gasteiger partial charge in [-0.3, -0.25) is 4.79 Å². The van der Waals surface area contributed by atoms with Crippen molar-refractivity contribution in [2.75, 3.05) is 26.2 Å². The molecule has 1 amide bonds. The second-order valence-corrected chi connectivity index (χ2v) is 6.89. The number of carbonyl (C=O) groups is 1. The van der Waals surface area contributed by atoms with E-state index in [0.717, 1.165) is 45.4 Å². The molecule has 128 valence electrons. The first kappa shape index (κ1) is 15.7. The van der Waals surface area contributed by atoms with Crippen LogP contribution < -0.4 is 5.73 Å². The predicted octanol–water partition coefficient (Wildman–Crippen LogP) is 2.30. The zero-order valence-corrected chi connectivity index (χ0v) is 14.0. The molecule has 2 aromatic rings. The van der Waals surface area contributed by atoms with Crippen molar-refractivity contribution >= 4 is 16.8 Å². The van der Waals surface area contributed by atoms with Crippen LogP contribution in [0.2, 0.25) is 0 Å². The highest BCUT2D eigenvalue weighted by atomic mass is 16.5. The summed E-state index contributed by atoms with van der Waals surface area (Å²) in [6, 6.07) is 8.48. The lowest BCUT2D eigenvalue weighted by atomic mass is 9.83. The zero-order valence-electron chi connectivity index (χ0n) is 14.0. The molecule has 2 aliphatic rings. The molecule has 0 bridgehead atoms. The van der Waals surface area contributed by atoms with Crippen LogP contribution >= 0.6 is 0 Å². The number of nitrogens with zero attached hydrogens (tertiary/aromatic N) is 1. The maximum Gasteiger partial charge on any atom is 0.222 e. The lowest BCUT2D eigenvalue weighted by Gasteiger charge is -2.43. The molecule has 1 saturated heterocycles. The smallest absolute Gasteiger partial charge is 0.222 e. The minimum Gasteiger partial charge on any atom is -0.368 e. The van der Waals surface area contributed by atoms with Gasteiger partial charge in [-0.25, -0.2) is 0 Å². The summed E-state index contributed by atoms with van der Waals surface area (Å²) < 4.78 is 6.28. The molecule has 5 heteroatoms. The fraction of sp³-hybridized carbons (Fsp3) is 0.526. The first-order chi connectivity index (χ1) is 11.7. The minimum atomic E-state index is -0.253. The van der Waals surface area contributed by atoms with Crippen molar-refractivity contribution in [3.8, 4) is 0 Å². The Morgan fingerprint density at radius 1 is 1.29 bits per heavy atom. The molecule has 3 heterocycles. The van der Waals surface area contributed by atoms with Crippen LogP contribution in [0.3, 0.4) is 0 Å². The topological polar surface area (TPSA) is 71.3 Å². The molecule has 1 aromatic carbocycles. The van der Waals surface area contributed by atoms with E-state index in [1.54, 1.807) is 0 Å². The second-order valence-electron chi connectivity index (χ2n) is 6.89. The molecule has 1 aromatic heterocycles. The van der Waals surface area contributed by atoms with Gasteiger partial charge in [0, 0.05) is 30.4 Å². The Balaban J connectivity index is 1.57. The van der Waals surface area contributed by atoms with Crippen molar-refractivity contribution in [3.63, 3.8) is 0 Å². The maximum atomic E-state index is 12.2. The summed E-state index contributed by atoms with van der Waals surface area (Å²) in [4.78, 5) is 17.8. The van der Waals surface area contributed by atoms with Crippen LogP contribution in [-0.4, -0.2) is 42.0 Å². The number of hydrogen-bond donors (Lipinski definition) is 2. The highest BCUT2D eigenvalue weighted by Gasteiger charge is 2.43. The van der Waals surface area contributed by atoms with Gasteiger partial charge < -0.3 is 20.4 Å². The standard InChI is InChI=1S/C19H25N3O2/c20-10-3-6-17(23)22-11-8-19(9-12-22)18-15(7-13-24-19)14-4-1-2-5-16(14)21-18/h1-2,4-5,21H,3,6-13,20H2. The van der Waals surface area contributed by atoms with E-state index in [2.05, 4.69) is 29.2 Å². The Bertz CT molecular complexity index is 744. The molecule has 3 N–H and O–H groups in total. The maximum absolute atomic E-state index is 12.2. The number of para-hydroxylation sites is 1. The average molecular weight is 327 g/mol. The zero-order chi connectivity index (χ0) is 16.6. The summed E-state index contributed by atoms with van der Waals surface area (Å²) in [5.74, 6) is 0.225. The van der Waals surface area contributed by atoms with Crippen LogP contribution in [0, 0.1) is 0 Å². The Kier molecular flexibility index (Phi) is 4.06. The minimum absolute atomic E-state index is 0.225. The number of hydrogen-bond acceptors (Lipinski definition) is 3. The van der Waals surface area contributed by atoms with Crippen LogP contribution in [0.4, 0.5) is 0 Å². The Hall–Kier alpha value is -1.85. The molecule has 2 aliphatic heterocycles. The summed E-state index contributed by atoms with van der Waals surface area (Å²) in [6.45, 7) is 2.86. The van der Waals surface area contributed by atoms with Crippen molar-refractivity contribution < 1.29 is 9.53 Å². The number of aromatic nitrogens is 1. The van der Waals surface area contributed by atoms with Crippen LogP contribution in [-0.2, 0) is 21.6 Å². The number of nitrogens with one attached hydrogen (secondary N) is 1. The molecule has 1 spiro atoms. The molecule has 1 fully saturated rings. The summed E-state index contributed by atoms with van der Waals surface area (Å²) in [7, 11) is 0. The number of carbonyl (C=O) groups excluding carboxylic acids is 1. The molecule has 5 nitrogen and oxygen atoms in total. The fourth-order valence-corrected chi connectivity index (χ4v) is 4.19. The van der Waals surface area contributed by atoms with Crippen LogP contribution in [0.1, 0.15) is 36.9 Å². The van der Waals surface area contributed by atoms with Gasteiger partial charge in [0.05, 0.1) is 12.3 Å². The molecular formula is C19H25N3O2. The van der Waals surface area contributed by atoms with E-state index in [9.17, 15) is 4.79 Å². The van der Waals surface area contributed by atoms with Gasteiger partial charge in [0.1, 0.15) is 5.60 Å². The number of benzene rings is 1. The molecule has 4 rings (SSSR count). The number of H-pyrrole nitrogens is 1. The fourth-order valence-electron chi connectivity index (χ4n) is 4.19. The SMILES string of the molecule is NCCCC(=O)N1CCC2(CC1)OCCc1c2[nH]c2ccccc12. The first-order valence-electron chi connectivity index (χ1n) is 8.95. The van der Waals surface area contributed by atoms with Gasteiger partial charge in [-0.2, -0.15) is 0 Å². The van der Waals surface area contributed by atoms with Crippen LogP contribution in [0.25, 0.3) is 10.9 Å². The quantitative estimate of drug-likeness (QED) is 0.908. The van der Waals surface area contributed by atoms with E-state index >= 15 is 0 Å². The third-order valence-corrected chi connectivity index (χ3v) is 5.52. The van der Waals surface area contributed by atoms with Gasteiger partial charge >= 0.3 is 0 Å². The van der Waals surface area contributed by atoms with E-state index in [1.807, 2.05) is 4.90 Å². The predicted molar refractivity (Wildman–Crippen MR) is 93.7 cm³/mol. The van der Waals surface area contributed by atoms with Crippen LogP contribution in [0.5, 0.6) is 0 Å².